The molecule has 0 saturated heterocycles. The third-order valence-corrected chi connectivity index (χ3v) is 4.70. The molecule has 1 aliphatic carbocycles. The van der Waals surface area contributed by atoms with Crippen molar-refractivity contribution in [2.75, 3.05) is 7.05 Å². The number of rotatable bonds is 6. The van der Waals surface area contributed by atoms with Crippen LogP contribution in [0.5, 0.6) is 0 Å². The van der Waals surface area contributed by atoms with Crippen LogP contribution in [-0.2, 0) is 13.5 Å². The Kier molecular flexibility index (Phi) is 4.81. The highest BCUT2D eigenvalue weighted by atomic mass is 15.0. The largest absolute Gasteiger partial charge is 0.338 e. The van der Waals surface area contributed by atoms with Crippen molar-refractivity contribution in [3.05, 3.63) is 18.2 Å². The van der Waals surface area contributed by atoms with Gasteiger partial charge in [-0.25, -0.2) is 4.98 Å². The van der Waals surface area contributed by atoms with Crippen LogP contribution < -0.4 is 5.32 Å². The topological polar surface area (TPSA) is 29.9 Å². The van der Waals surface area contributed by atoms with E-state index in [1.165, 1.54) is 37.9 Å². The monoisotopic (exact) mass is 249 g/mol. The molecule has 0 spiro atoms. The average molecular weight is 249 g/mol. The summed E-state index contributed by atoms with van der Waals surface area (Å²) in [4.78, 5) is 4.41. The smallest absolute Gasteiger partial charge is 0.108 e. The minimum Gasteiger partial charge on any atom is -0.338 e. The quantitative estimate of drug-likeness (QED) is 0.840. The fraction of sp³-hybridized carbons (Fsp3) is 0.800. The lowest BCUT2D eigenvalue weighted by molar-refractivity contribution is 0.344. The van der Waals surface area contributed by atoms with Crippen LogP contribution >= 0.6 is 0 Å². The van der Waals surface area contributed by atoms with Gasteiger partial charge in [0.1, 0.15) is 5.82 Å². The molecule has 0 amide bonds. The molecule has 0 aliphatic heterocycles. The molecule has 0 radical (unpaired) electrons. The maximum absolute atomic E-state index is 4.41. The summed E-state index contributed by atoms with van der Waals surface area (Å²) in [5, 5.41) is 3.53. The van der Waals surface area contributed by atoms with Crippen molar-refractivity contribution in [2.45, 2.75) is 51.5 Å². The summed E-state index contributed by atoms with van der Waals surface area (Å²) in [7, 11) is 4.20. The highest BCUT2D eigenvalue weighted by molar-refractivity contribution is 4.93. The zero-order valence-electron chi connectivity index (χ0n) is 12.0. The molecule has 1 N–H and O–H groups in total. The molecule has 3 nitrogen and oxygen atoms in total. The van der Waals surface area contributed by atoms with Gasteiger partial charge in [0.25, 0.3) is 0 Å². The SMILES string of the molecule is CCC1CCC(C(CCc2nccn2C)NC)C1. The van der Waals surface area contributed by atoms with Gasteiger partial charge in [-0.15, -0.1) is 0 Å². The normalized spacial score (nSPS) is 25.5. The predicted molar refractivity (Wildman–Crippen MR) is 75.5 cm³/mol. The molecule has 1 heterocycles. The van der Waals surface area contributed by atoms with E-state index in [2.05, 4.69) is 35.9 Å². The van der Waals surface area contributed by atoms with Crippen LogP contribution in [-0.4, -0.2) is 22.6 Å². The van der Waals surface area contributed by atoms with Crippen molar-refractivity contribution in [1.82, 2.24) is 14.9 Å². The predicted octanol–water partition coefficient (Wildman–Crippen LogP) is 2.77. The highest BCUT2D eigenvalue weighted by Gasteiger charge is 2.29. The van der Waals surface area contributed by atoms with Crippen LogP contribution in [0.3, 0.4) is 0 Å². The van der Waals surface area contributed by atoms with Gasteiger partial charge in [-0.2, -0.15) is 0 Å². The van der Waals surface area contributed by atoms with Crippen LogP contribution in [0.15, 0.2) is 12.4 Å². The van der Waals surface area contributed by atoms with Crippen molar-refractivity contribution in [1.29, 1.82) is 0 Å². The van der Waals surface area contributed by atoms with Gasteiger partial charge < -0.3 is 9.88 Å². The second kappa shape index (κ2) is 6.37. The molecule has 3 unspecified atom stereocenters. The lowest BCUT2D eigenvalue weighted by Gasteiger charge is -2.23. The first-order valence-corrected chi connectivity index (χ1v) is 7.38. The maximum Gasteiger partial charge on any atom is 0.108 e. The van der Waals surface area contributed by atoms with Crippen LogP contribution in [0.4, 0.5) is 0 Å². The Morgan fingerprint density at radius 3 is 2.89 bits per heavy atom. The number of aryl methyl sites for hydroxylation is 2. The van der Waals surface area contributed by atoms with E-state index in [9.17, 15) is 0 Å². The second-order valence-electron chi connectivity index (χ2n) is 5.74. The number of hydrogen-bond acceptors (Lipinski definition) is 2. The standard InChI is InChI=1S/C15H27N3/c1-4-12-5-6-13(11-12)14(16-2)7-8-15-17-9-10-18(15)3/h9-10,12-14,16H,4-8,11H2,1-3H3. The molecule has 3 heteroatoms. The summed E-state index contributed by atoms with van der Waals surface area (Å²) in [5.74, 6) is 3.06. The summed E-state index contributed by atoms with van der Waals surface area (Å²) < 4.78 is 2.14. The fourth-order valence-corrected chi connectivity index (χ4v) is 3.39. The number of nitrogens with zero attached hydrogens (tertiary/aromatic N) is 2. The van der Waals surface area contributed by atoms with E-state index in [1.54, 1.807) is 0 Å². The van der Waals surface area contributed by atoms with Gasteiger partial charge in [0.2, 0.25) is 0 Å². The summed E-state index contributed by atoms with van der Waals surface area (Å²) in [6.45, 7) is 2.33. The van der Waals surface area contributed by atoms with Gasteiger partial charge >= 0.3 is 0 Å². The zero-order valence-corrected chi connectivity index (χ0v) is 12.0. The Bertz CT molecular complexity index is 358. The van der Waals surface area contributed by atoms with Gasteiger partial charge in [-0.05, 0) is 38.1 Å². The Balaban J connectivity index is 1.84. The summed E-state index contributed by atoms with van der Waals surface area (Å²) in [6, 6.07) is 0.665. The Hall–Kier alpha value is -0.830. The first kappa shape index (κ1) is 13.6. The number of aromatic nitrogens is 2. The number of imidazole rings is 1. The van der Waals surface area contributed by atoms with Crippen molar-refractivity contribution >= 4 is 0 Å². The van der Waals surface area contributed by atoms with Crippen LogP contribution in [0.25, 0.3) is 0 Å². The van der Waals surface area contributed by atoms with E-state index in [0.717, 1.165) is 18.3 Å². The molecule has 1 aromatic heterocycles. The van der Waals surface area contributed by atoms with Crippen LogP contribution in [0.1, 0.15) is 44.9 Å². The van der Waals surface area contributed by atoms with Crippen molar-refractivity contribution < 1.29 is 0 Å². The molecule has 102 valence electrons. The molecule has 18 heavy (non-hydrogen) atoms. The van der Waals surface area contributed by atoms with E-state index in [1.807, 2.05) is 12.4 Å². The van der Waals surface area contributed by atoms with Crippen LogP contribution in [0.2, 0.25) is 0 Å². The summed E-state index contributed by atoms with van der Waals surface area (Å²) in [5.41, 5.74) is 0. The fourth-order valence-electron chi connectivity index (χ4n) is 3.39. The molecule has 1 fully saturated rings. The average Bonchev–Trinajstić information content (AvgIpc) is 3.00. The Morgan fingerprint density at radius 1 is 1.50 bits per heavy atom. The molecule has 3 atom stereocenters. The van der Waals surface area contributed by atoms with Gasteiger partial charge in [-0.1, -0.05) is 19.8 Å². The second-order valence-corrected chi connectivity index (χ2v) is 5.74. The molecular weight excluding hydrogens is 222 g/mol. The molecule has 2 rings (SSSR count). The molecular formula is C15H27N3. The van der Waals surface area contributed by atoms with Gasteiger partial charge in [0.15, 0.2) is 0 Å². The maximum atomic E-state index is 4.41. The Morgan fingerprint density at radius 2 is 2.33 bits per heavy atom. The zero-order chi connectivity index (χ0) is 13.0. The molecule has 1 saturated carbocycles. The van der Waals surface area contributed by atoms with E-state index in [-0.39, 0.29) is 0 Å². The van der Waals surface area contributed by atoms with E-state index in [0.29, 0.717) is 6.04 Å². The van der Waals surface area contributed by atoms with Crippen molar-refractivity contribution in [3.63, 3.8) is 0 Å². The lowest BCUT2D eigenvalue weighted by Crippen LogP contribution is -2.33. The highest BCUT2D eigenvalue weighted by Crippen LogP contribution is 2.35. The first-order valence-electron chi connectivity index (χ1n) is 7.38. The van der Waals surface area contributed by atoms with Crippen molar-refractivity contribution in [2.24, 2.45) is 18.9 Å². The molecule has 0 aromatic carbocycles. The molecule has 0 bridgehead atoms. The van der Waals surface area contributed by atoms with E-state index in [4.69, 9.17) is 0 Å². The molecule has 1 aromatic rings. The van der Waals surface area contributed by atoms with E-state index < -0.39 is 0 Å². The van der Waals surface area contributed by atoms with Crippen molar-refractivity contribution in [3.8, 4) is 0 Å². The first-order chi connectivity index (χ1) is 8.74. The van der Waals surface area contributed by atoms with Gasteiger partial charge in [0, 0.05) is 31.9 Å². The summed E-state index contributed by atoms with van der Waals surface area (Å²) >= 11 is 0. The number of nitrogens with one attached hydrogen (secondary N) is 1. The third kappa shape index (κ3) is 3.14. The lowest BCUT2D eigenvalue weighted by atomic mass is 9.92. The number of hydrogen-bond donors (Lipinski definition) is 1. The summed E-state index contributed by atoms with van der Waals surface area (Å²) in [6.07, 6.45) is 11.8. The van der Waals surface area contributed by atoms with E-state index >= 15 is 0 Å². The molecule has 1 aliphatic rings. The Labute approximate surface area is 111 Å². The van der Waals surface area contributed by atoms with Crippen LogP contribution in [0, 0.1) is 11.8 Å². The third-order valence-electron chi connectivity index (χ3n) is 4.70. The van der Waals surface area contributed by atoms with Gasteiger partial charge in [-0.3, -0.25) is 0 Å². The van der Waals surface area contributed by atoms with Gasteiger partial charge in [0.05, 0.1) is 0 Å². The minimum absolute atomic E-state index is 0.665. The minimum atomic E-state index is 0.665.